The topological polar surface area (TPSA) is 161 Å². The van der Waals surface area contributed by atoms with Crippen molar-refractivity contribution in [1.29, 1.82) is 0 Å². The SMILES string of the molecule is NS(=O)(=O)c1ccc(N2C(=O)C(=O)C(=C(O)c3ccc([N+](=O)[O-])cc3)[C@@H]2c2ccccc2F)cc1. The molecule has 12 heteroatoms. The van der Waals surface area contributed by atoms with Crippen molar-refractivity contribution in [2.45, 2.75) is 10.9 Å². The third kappa shape index (κ3) is 4.27. The normalized spacial score (nSPS) is 17.5. The van der Waals surface area contributed by atoms with Gasteiger partial charge in [0.05, 0.1) is 21.4 Å². The third-order valence-electron chi connectivity index (χ3n) is 5.44. The molecule has 178 valence electrons. The van der Waals surface area contributed by atoms with E-state index in [1.54, 1.807) is 0 Å². The summed E-state index contributed by atoms with van der Waals surface area (Å²) in [7, 11) is -4.04. The maximum atomic E-state index is 14.9. The molecule has 10 nitrogen and oxygen atoms in total. The Labute approximate surface area is 197 Å². The molecule has 0 saturated carbocycles. The number of ketones is 1. The maximum Gasteiger partial charge on any atom is 0.300 e. The van der Waals surface area contributed by atoms with Crippen LogP contribution in [-0.2, 0) is 19.6 Å². The van der Waals surface area contributed by atoms with Gasteiger partial charge in [0.2, 0.25) is 10.0 Å². The number of nitrogens with zero attached hydrogens (tertiary/aromatic N) is 2. The summed E-state index contributed by atoms with van der Waals surface area (Å²) in [5.41, 5.74) is -0.757. The van der Waals surface area contributed by atoms with Crippen LogP contribution in [0.15, 0.2) is 83.3 Å². The number of anilines is 1. The lowest BCUT2D eigenvalue weighted by atomic mass is 9.94. The molecule has 3 aromatic carbocycles. The number of nitrogens with two attached hydrogens (primary N) is 1. The number of primary sulfonamides is 1. The van der Waals surface area contributed by atoms with Crippen LogP contribution in [-0.4, -0.2) is 30.1 Å². The summed E-state index contributed by atoms with van der Waals surface area (Å²) in [6, 6.07) is 13.2. The van der Waals surface area contributed by atoms with Crippen molar-refractivity contribution in [2.75, 3.05) is 4.90 Å². The van der Waals surface area contributed by atoms with Crippen LogP contribution in [0.4, 0.5) is 15.8 Å². The van der Waals surface area contributed by atoms with Gasteiger partial charge < -0.3 is 5.11 Å². The lowest BCUT2D eigenvalue weighted by Crippen LogP contribution is -2.30. The van der Waals surface area contributed by atoms with Gasteiger partial charge in [-0.05, 0) is 42.5 Å². The zero-order chi connectivity index (χ0) is 25.5. The molecule has 4 rings (SSSR count). The fraction of sp³-hybridized carbons (Fsp3) is 0.0435. The minimum atomic E-state index is -4.04. The molecule has 0 unspecified atom stereocenters. The molecule has 35 heavy (non-hydrogen) atoms. The van der Waals surface area contributed by atoms with Crippen LogP contribution in [0.1, 0.15) is 17.2 Å². The van der Waals surface area contributed by atoms with Gasteiger partial charge in [-0.25, -0.2) is 17.9 Å². The van der Waals surface area contributed by atoms with Gasteiger partial charge in [0, 0.05) is 28.9 Å². The van der Waals surface area contributed by atoms with Crippen LogP contribution in [0.25, 0.3) is 5.76 Å². The molecule has 1 saturated heterocycles. The smallest absolute Gasteiger partial charge is 0.300 e. The van der Waals surface area contributed by atoms with E-state index in [1.807, 2.05) is 0 Å². The second-order valence-corrected chi connectivity index (χ2v) is 9.09. The first-order valence-electron chi connectivity index (χ1n) is 9.94. The first-order valence-corrected chi connectivity index (χ1v) is 11.5. The number of amides is 1. The Morgan fingerprint density at radius 3 is 2.14 bits per heavy atom. The maximum absolute atomic E-state index is 14.9. The molecule has 0 radical (unpaired) electrons. The van der Waals surface area contributed by atoms with Crippen LogP contribution in [0.3, 0.4) is 0 Å². The predicted molar refractivity (Wildman–Crippen MR) is 122 cm³/mol. The molecule has 1 amide bonds. The van der Waals surface area contributed by atoms with Crippen molar-refractivity contribution in [3.63, 3.8) is 0 Å². The molecule has 0 bridgehead atoms. The number of benzene rings is 3. The number of aliphatic hydroxyl groups excluding tert-OH is 1. The van der Waals surface area contributed by atoms with E-state index >= 15 is 0 Å². The number of nitro benzene ring substituents is 1. The van der Waals surface area contributed by atoms with E-state index in [9.17, 15) is 37.6 Å². The van der Waals surface area contributed by atoms with Crippen LogP contribution in [0.2, 0.25) is 0 Å². The zero-order valence-corrected chi connectivity index (χ0v) is 18.5. The number of carbonyl (C=O) groups excluding carboxylic acids is 2. The van der Waals surface area contributed by atoms with Gasteiger partial charge in [-0.2, -0.15) is 0 Å². The van der Waals surface area contributed by atoms with Crippen molar-refractivity contribution in [2.24, 2.45) is 5.14 Å². The van der Waals surface area contributed by atoms with Gasteiger partial charge in [0.1, 0.15) is 11.6 Å². The fourth-order valence-electron chi connectivity index (χ4n) is 3.78. The summed E-state index contributed by atoms with van der Waals surface area (Å²) in [5, 5.41) is 27.0. The summed E-state index contributed by atoms with van der Waals surface area (Å²) in [4.78, 5) is 37.1. The average Bonchev–Trinajstić information content (AvgIpc) is 3.08. The monoisotopic (exact) mass is 497 g/mol. The highest BCUT2D eigenvalue weighted by molar-refractivity contribution is 7.89. The van der Waals surface area contributed by atoms with Gasteiger partial charge in [-0.1, -0.05) is 18.2 Å². The Morgan fingerprint density at radius 1 is 1.00 bits per heavy atom. The molecule has 3 aromatic rings. The number of Topliss-reactive ketones (excluding diaryl/α,β-unsaturated/α-hetero) is 1. The van der Waals surface area contributed by atoms with E-state index in [0.29, 0.717) is 0 Å². The molecule has 0 spiro atoms. The van der Waals surface area contributed by atoms with Crippen molar-refractivity contribution in [3.8, 4) is 0 Å². The number of carbonyl (C=O) groups is 2. The quantitative estimate of drug-likeness (QED) is 0.180. The number of hydrogen-bond acceptors (Lipinski definition) is 7. The predicted octanol–water partition coefficient (Wildman–Crippen LogP) is 3.01. The molecule has 1 atom stereocenters. The van der Waals surface area contributed by atoms with E-state index in [2.05, 4.69) is 0 Å². The van der Waals surface area contributed by atoms with Gasteiger partial charge in [-0.15, -0.1) is 0 Å². The lowest BCUT2D eigenvalue weighted by molar-refractivity contribution is -0.384. The summed E-state index contributed by atoms with van der Waals surface area (Å²) in [6.45, 7) is 0. The van der Waals surface area contributed by atoms with Gasteiger partial charge in [0.25, 0.3) is 17.4 Å². The van der Waals surface area contributed by atoms with Crippen LogP contribution in [0.5, 0.6) is 0 Å². The van der Waals surface area contributed by atoms with Crippen LogP contribution < -0.4 is 10.0 Å². The second-order valence-electron chi connectivity index (χ2n) is 7.53. The van der Waals surface area contributed by atoms with Crippen molar-refractivity contribution < 1.29 is 32.4 Å². The largest absolute Gasteiger partial charge is 0.507 e. The van der Waals surface area contributed by atoms with E-state index in [1.165, 1.54) is 42.5 Å². The van der Waals surface area contributed by atoms with Crippen LogP contribution >= 0.6 is 0 Å². The van der Waals surface area contributed by atoms with Crippen LogP contribution in [0, 0.1) is 15.9 Å². The zero-order valence-electron chi connectivity index (χ0n) is 17.7. The summed E-state index contributed by atoms with van der Waals surface area (Å²) in [5.74, 6) is -3.63. The summed E-state index contributed by atoms with van der Waals surface area (Å²) < 4.78 is 38.0. The minimum absolute atomic E-state index is 0.000452. The highest BCUT2D eigenvalue weighted by Gasteiger charge is 2.47. The molecule has 1 fully saturated rings. The highest BCUT2D eigenvalue weighted by Crippen LogP contribution is 2.43. The minimum Gasteiger partial charge on any atom is -0.507 e. The van der Waals surface area contributed by atoms with E-state index < -0.39 is 49.8 Å². The molecule has 0 aliphatic carbocycles. The second kappa shape index (κ2) is 8.74. The standard InChI is InChI=1S/C23H16FN3O7S/c24-18-4-2-1-3-17(18)20-19(21(28)13-5-7-15(8-6-13)27(31)32)22(29)23(30)26(20)14-9-11-16(12-10-14)35(25,33)34/h1-12,20,28H,(H2,25,33,34)/t20-/m0/s1. The van der Waals surface area contributed by atoms with Crippen molar-refractivity contribution in [3.05, 3.63) is 105 Å². The number of sulfonamides is 1. The summed E-state index contributed by atoms with van der Waals surface area (Å²) >= 11 is 0. The molecule has 3 N–H and O–H groups in total. The third-order valence-corrected chi connectivity index (χ3v) is 6.37. The molecular formula is C23H16FN3O7S. The number of nitro groups is 1. The number of aliphatic hydroxyl groups is 1. The van der Waals surface area contributed by atoms with E-state index in [-0.39, 0.29) is 27.4 Å². The van der Waals surface area contributed by atoms with Gasteiger partial charge in [0.15, 0.2) is 0 Å². The Bertz CT molecular complexity index is 1500. The highest BCUT2D eigenvalue weighted by atomic mass is 32.2. The first kappa shape index (κ1) is 23.7. The van der Waals surface area contributed by atoms with E-state index in [0.717, 1.165) is 35.2 Å². The number of halogens is 1. The molecule has 0 aromatic heterocycles. The Morgan fingerprint density at radius 2 is 1.60 bits per heavy atom. The first-order chi connectivity index (χ1) is 16.5. The molecular weight excluding hydrogens is 481 g/mol. The van der Waals surface area contributed by atoms with Gasteiger partial charge >= 0.3 is 0 Å². The molecule has 1 aliphatic heterocycles. The molecule has 1 aliphatic rings. The average molecular weight is 497 g/mol. The number of rotatable bonds is 5. The number of non-ortho nitro benzene ring substituents is 1. The fourth-order valence-corrected chi connectivity index (χ4v) is 4.30. The van der Waals surface area contributed by atoms with Crippen molar-refractivity contribution >= 4 is 38.8 Å². The number of hydrogen-bond donors (Lipinski definition) is 2. The summed E-state index contributed by atoms with van der Waals surface area (Å²) in [6.07, 6.45) is 0. The lowest BCUT2D eigenvalue weighted by Gasteiger charge is -2.25. The Hall–Kier alpha value is -4.42. The van der Waals surface area contributed by atoms with E-state index in [4.69, 9.17) is 5.14 Å². The molecule has 1 heterocycles. The van der Waals surface area contributed by atoms with Crippen molar-refractivity contribution in [1.82, 2.24) is 0 Å². The Kier molecular flexibility index (Phi) is 5.92. The Balaban J connectivity index is 1.92. The van der Waals surface area contributed by atoms with Gasteiger partial charge in [-0.3, -0.25) is 24.6 Å².